The highest BCUT2D eigenvalue weighted by molar-refractivity contribution is 5.78. The fraction of sp³-hybridized carbons (Fsp3) is 0.308. The van der Waals surface area contributed by atoms with E-state index in [0.29, 0.717) is 18.9 Å². The number of aromatic nitrogens is 2. The first-order chi connectivity index (χ1) is 8.66. The van der Waals surface area contributed by atoms with Crippen LogP contribution in [0.4, 0.5) is 5.69 Å². The lowest BCUT2D eigenvalue weighted by Crippen LogP contribution is -2.15. The van der Waals surface area contributed by atoms with E-state index in [9.17, 15) is 0 Å². The van der Waals surface area contributed by atoms with E-state index >= 15 is 0 Å². The number of fused-ring (bicyclic) bond motifs is 1. The summed E-state index contributed by atoms with van der Waals surface area (Å²) in [6, 6.07) is 3.91. The van der Waals surface area contributed by atoms with Gasteiger partial charge in [0.2, 0.25) is 0 Å². The molecule has 0 bridgehead atoms. The van der Waals surface area contributed by atoms with Crippen molar-refractivity contribution in [3.63, 3.8) is 0 Å². The zero-order valence-electron chi connectivity index (χ0n) is 10.4. The van der Waals surface area contributed by atoms with Crippen LogP contribution in [0.1, 0.15) is 11.3 Å². The van der Waals surface area contributed by atoms with Gasteiger partial charge < -0.3 is 15.2 Å². The molecule has 5 nitrogen and oxygen atoms in total. The number of aryl methyl sites for hydroxylation is 2. The third-order valence-corrected chi connectivity index (χ3v) is 3.14. The molecule has 2 heterocycles. The normalized spacial score (nSPS) is 13.7. The number of nitrogens with two attached hydrogens (primary N) is 1. The van der Waals surface area contributed by atoms with Gasteiger partial charge in [0, 0.05) is 5.56 Å². The summed E-state index contributed by atoms with van der Waals surface area (Å²) in [7, 11) is 0. The molecule has 3 N–H and O–H groups in total. The number of rotatable bonds is 1. The Morgan fingerprint density at radius 1 is 1.17 bits per heavy atom. The van der Waals surface area contributed by atoms with Crippen LogP contribution in [-0.2, 0) is 0 Å². The highest BCUT2D eigenvalue weighted by Crippen LogP contribution is 2.38. The average Bonchev–Trinajstić information content (AvgIpc) is 2.69. The smallest absolute Gasteiger partial charge is 0.162 e. The molecule has 18 heavy (non-hydrogen) atoms. The summed E-state index contributed by atoms with van der Waals surface area (Å²) in [5.74, 6) is 1.54. The average molecular weight is 245 g/mol. The first kappa shape index (κ1) is 11.0. The van der Waals surface area contributed by atoms with Gasteiger partial charge in [-0.25, -0.2) is 0 Å². The van der Waals surface area contributed by atoms with E-state index in [0.717, 1.165) is 34.0 Å². The lowest BCUT2D eigenvalue weighted by atomic mass is 10.0. The Labute approximate surface area is 105 Å². The molecule has 0 atom stereocenters. The Bertz CT molecular complexity index is 605. The highest BCUT2D eigenvalue weighted by Gasteiger charge is 2.18. The number of nitrogen functional groups attached to an aromatic ring is 1. The fourth-order valence-corrected chi connectivity index (χ4v) is 2.09. The maximum absolute atomic E-state index is 6.01. The van der Waals surface area contributed by atoms with E-state index in [1.54, 1.807) is 0 Å². The first-order valence-electron chi connectivity index (χ1n) is 5.88. The molecule has 94 valence electrons. The third-order valence-electron chi connectivity index (χ3n) is 3.14. The molecular formula is C13H15N3O2. The van der Waals surface area contributed by atoms with Crippen molar-refractivity contribution in [2.24, 2.45) is 0 Å². The maximum Gasteiger partial charge on any atom is 0.162 e. The minimum absolute atomic E-state index is 0.574. The van der Waals surface area contributed by atoms with Gasteiger partial charge in [0.1, 0.15) is 18.9 Å². The molecule has 0 saturated heterocycles. The number of benzene rings is 1. The van der Waals surface area contributed by atoms with Crippen LogP contribution in [0, 0.1) is 13.8 Å². The predicted octanol–water partition coefficient (Wildman–Crippen LogP) is 2.05. The summed E-state index contributed by atoms with van der Waals surface area (Å²) >= 11 is 0. The van der Waals surface area contributed by atoms with Crippen molar-refractivity contribution in [1.82, 2.24) is 10.2 Å². The lowest BCUT2D eigenvalue weighted by molar-refractivity contribution is 0.171. The quantitative estimate of drug-likeness (QED) is 0.806. The van der Waals surface area contributed by atoms with E-state index in [-0.39, 0.29) is 0 Å². The minimum Gasteiger partial charge on any atom is -0.486 e. The third kappa shape index (κ3) is 1.59. The molecule has 0 fully saturated rings. The van der Waals surface area contributed by atoms with Gasteiger partial charge in [-0.2, -0.15) is 5.10 Å². The second kappa shape index (κ2) is 3.94. The molecule has 1 aliphatic heterocycles. The number of anilines is 1. The maximum atomic E-state index is 6.01. The van der Waals surface area contributed by atoms with Crippen molar-refractivity contribution in [3.8, 4) is 22.8 Å². The summed E-state index contributed by atoms with van der Waals surface area (Å²) in [5.41, 5.74) is 10.4. The number of ether oxygens (including phenoxy) is 2. The van der Waals surface area contributed by atoms with Gasteiger partial charge in [-0.1, -0.05) is 0 Å². The molecule has 3 rings (SSSR count). The van der Waals surface area contributed by atoms with E-state index < -0.39 is 0 Å². The molecule has 0 spiro atoms. The topological polar surface area (TPSA) is 73.2 Å². The molecule has 1 aromatic carbocycles. The van der Waals surface area contributed by atoms with E-state index in [1.807, 2.05) is 26.0 Å². The number of H-pyrrole nitrogens is 1. The Balaban J connectivity index is 2.15. The van der Waals surface area contributed by atoms with Crippen LogP contribution in [0.25, 0.3) is 11.3 Å². The van der Waals surface area contributed by atoms with Crippen LogP contribution in [0.15, 0.2) is 12.1 Å². The molecule has 5 heteroatoms. The number of hydrogen-bond donors (Lipinski definition) is 2. The standard InChI is InChI=1S/C13H15N3O2/c1-7-5-10-11(18-4-3-17-10)6-9(7)13-12(14)8(2)15-16-13/h5-6H,3-4,14H2,1-2H3,(H,15,16). The van der Waals surface area contributed by atoms with E-state index in [2.05, 4.69) is 10.2 Å². The molecule has 0 radical (unpaired) electrons. The number of hydrogen-bond acceptors (Lipinski definition) is 4. The summed E-state index contributed by atoms with van der Waals surface area (Å²) in [6.07, 6.45) is 0. The second-order valence-corrected chi connectivity index (χ2v) is 4.42. The zero-order valence-corrected chi connectivity index (χ0v) is 10.4. The predicted molar refractivity (Wildman–Crippen MR) is 68.9 cm³/mol. The Kier molecular flexibility index (Phi) is 2.40. The van der Waals surface area contributed by atoms with E-state index in [1.165, 1.54) is 0 Å². The zero-order chi connectivity index (χ0) is 12.7. The number of nitrogens with zero attached hydrogens (tertiary/aromatic N) is 1. The molecule has 0 amide bonds. The van der Waals surface area contributed by atoms with Gasteiger partial charge in [-0.05, 0) is 31.5 Å². The van der Waals surface area contributed by atoms with Crippen LogP contribution < -0.4 is 15.2 Å². The Morgan fingerprint density at radius 2 is 1.83 bits per heavy atom. The van der Waals surface area contributed by atoms with Crippen molar-refractivity contribution in [1.29, 1.82) is 0 Å². The van der Waals surface area contributed by atoms with Crippen LogP contribution in [0.5, 0.6) is 11.5 Å². The van der Waals surface area contributed by atoms with Gasteiger partial charge in [-0.3, -0.25) is 5.10 Å². The van der Waals surface area contributed by atoms with Crippen molar-refractivity contribution >= 4 is 5.69 Å². The van der Waals surface area contributed by atoms with E-state index in [4.69, 9.17) is 15.2 Å². The van der Waals surface area contributed by atoms with Gasteiger partial charge in [0.25, 0.3) is 0 Å². The van der Waals surface area contributed by atoms with Crippen LogP contribution in [0.2, 0.25) is 0 Å². The van der Waals surface area contributed by atoms with Crippen molar-refractivity contribution < 1.29 is 9.47 Å². The fourth-order valence-electron chi connectivity index (χ4n) is 2.09. The second-order valence-electron chi connectivity index (χ2n) is 4.42. The molecule has 1 aromatic heterocycles. The molecule has 0 saturated carbocycles. The van der Waals surface area contributed by atoms with Gasteiger partial charge in [-0.15, -0.1) is 0 Å². The number of aromatic amines is 1. The van der Waals surface area contributed by atoms with Crippen LogP contribution in [-0.4, -0.2) is 23.4 Å². The molecule has 2 aromatic rings. The minimum atomic E-state index is 0.574. The monoisotopic (exact) mass is 245 g/mol. The summed E-state index contributed by atoms with van der Waals surface area (Å²) in [6.45, 7) is 5.08. The Hall–Kier alpha value is -2.17. The molecular weight excluding hydrogens is 230 g/mol. The summed E-state index contributed by atoms with van der Waals surface area (Å²) in [5, 5.41) is 7.14. The molecule has 0 aliphatic carbocycles. The SMILES string of the molecule is Cc1cc2c(cc1-c1n[nH]c(C)c1N)OCCO2. The van der Waals surface area contributed by atoms with Crippen molar-refractivity contribution in [3.05, 3.63) is 23.4 Å². The lowest BCUT2D eigenvalue weighted by Gasteiger charge is -2.20. The largest absolute Gasteiger partial charge is 0.486 e. The Morgan fingerprint density at radius 3 is 2.44 bits per heavy atom. The first-order valence-corrected chi connectivity index (χ1v) is 5.88. The highest BCUT2D eigenvalue weighted by atomic mass is 16.6. The number of nitrogens with one attached hydrogen (secondary N) is 1. The molecule has 1 aliphatic rings. The van der Waals surface area contributed by atoms with Gasteiger partial charge >= 0.3 is 0 Å². The van der Waals surface area contributed by atoms with Crippen LogP contribution in [0.3, 0.4) is 0 Å². The van der Waals surface area contributed by atoms with Gasteiger partial charge in [0.05, 0.1) is 11.4 Å². The van der Waals surface area contributed by atoms with Gasteiger partial charge in [0.15, 0.2) is 11.5 Å². The summed E-state index contributed by atoms with van der Waals surface area (Å²) in [4.78, 5) is 0. The summed E-state index contributed by atoms with van der Waals surface area (Å²) < 4.78 is 11.1. The van der Waals surface area contributed by atoms with Crippen LogP contribution >= 0.6 is 0 Å². The molecule has 0 unspecified atom stereocenters. The van der Waals surface area contributed by atoms with Crippen molar-refractivity contribution in [2.45, 2.75) is 13.8 Å². The van der Waals surface area contributed by atoms with Crippen molar-refractivity contribution in [2.75, 3.05) is 18.9 Å².